The van der Waals surface area contributed by atoms with E-state index in [-0.39, 0.29) is 17.0 Å². The molecule has 15 heavy (non-hydrogen) atoms. The van der Waals surface area contributed by atoms with Crippen LogP contribution in [0.2, 0.25) is 0 Å². The quantitative estimate of drug-likeness (QED) is 0.522. The minimum Gasteiger partial charge on any atom is -0.366 e. The molecular weight excluding hydrogens is 192 g/mol. The minimum absolute atomic E-state index is 0.218. The zero-order valence-corrected chi connectivity index (χ0v) is 9.46. The van der Waals surface area contributed by atoms with Crippen molar-refractivity contribution in [3.05, 3.63) is 24.3 Å². The largest absolute Gasteiger partial charge is 0.366 e. The van der Waals surface area contributed by atoms with Crippen LogP contribution in [0.3, 0.4) is 0 Å². The highest BCUT2D eigenvalue weighted by Crippen LogP contribution is 2.08. The normalized spacial score (nSPS) is 11.4. The first-order valence-electron chi connectivity index (χ1n) is 4.77. The van der Waals surface area contributed by atoms with Gasteiger partial charge in [0, 0.05) is 17.2 Å². The van der Waals surface area contributed by atoms with Gasteiger partial charge in [-0.3, -0.25) is 9.59 Å². The molecule has 0 aromatic heterocycles. The van der Waals surface area contributed by atoms with E-state index in [1.807, 2.05) is 20.8 Å². The van der Waals surface area contributed by atoms with Gasteiger partial charge in [0.2, 0.25) is 5.91 Å². The van der Waals surface area contributed by atoms with E-state index in [0.717, 1.165) is 12.5 Å². The van der Waals surface area contributed by atoms with Crippen LogP contribution < -0.4 is 11.1 Å². The lowest BCUT2D eigenvalue weighted by molar-refractivity contribution is -0.118. The van der Waals surface area contributed by atoms with E-state index < -0.39 is 5.91 Å². The fourth-order valence-corrected chi connectivity index (χ4v) is 0.734. The standard InChI is InChI=1S/C11H18N2O2/c1-5-11(3,4)13-10(15)8(2)6-7-9(12)14/h6-7H,2,5H2,1,3-4H3,(H2,12,14)(H,13,15). The van der Waals surface area contributed by atoms with Crippen molar-refractivity contribution in [1.82, 2.24) is 5.32 Å². The smallest absolute Gasteiger partial charge is 0.251 e. The molecule has 0 aliphatic carbocycles. The van der Waals surface area contributed by atoms with E-state index in [1.165, 1.54) is 6.08 Å². The zero-order chi connectivity index (χ0) is 12.1. The first-order valence-corrected chi connectivity index (χ1v) is 4.77. The fraction of sp³-hybridized carbons (Fsp3) is 0.455. The number of carbonyl (C=O) groups excluding carboxylic acids is 2. The second-order valence-corrected chi connectivity index (χ2v) is 3.95. The van der Waals surface area contributed by atoms with Crippen molar-refractivity contribution >= 4 is 11.8 Å². The molecule has 0 fully saturated rings. The summed E-state index contributed by atoms with van der Waals surface area (Å²) in [5.74, 6) is -0.891. The van der Waals surface area contributed by atoms with Gasteiger partial charge in [-0.1, -0.05) is 13.5 Å². The fourth-order valence-electron chi connectivity index (χ4n) is 0.734. The average Bonchev–Trinajstić information content (AvgIpc) is 2.13. The second kappa shape index (κ2) is 5.34. The summed E-state index contributed by atoms with van der Waals surface area (Å²) >= 11 is 0. The number of nitrogens with one attached hydrogen (secondary N) is 1. The van der Waals surface area contributed by atoms with Crippen LogP contribution in [0.15, 0.2) is 24.3 Å². The number of primary amides is 1. The summed E-state index contributed by atoms with van der Waals surface area (Å²) in [6, 6.07) is 0. The van der Waals surface area contributed by atoms with Crippen molar-refractivity contribution in [3.8, 4) is 0 Å². The van der Waals surface area contributed by atoms with E-state index in [2.05, 4.69) is 11.9 Å². The summed E-state index contributed by atoms with van der Waals surface area (Å²) in [6.07, 6.45) is 3.23. The van der Waals surface area contributed by atoms with Crippen LogP contribution in [0.4, 0.5) is 0 Å². The van der Waals surface area contributed by atoms with Crippen LogP contribution >= 0.6 is 0 Å². The Morgan fingerprint density at radius 3 is 2.33 bits per heavy atom. The van der Waals surface area contributed by atoms with Crippen molar-refractivity contribution in [2.24, 2.45) is 5.73 Å². The lowest BCUT2D eigenvalue weighted by atomic mass is 10.0. The first-order chi connectivity index (χ1) is 6.78. The van der Waals surface area contributed by atoms with Gasteiger partial charge in [0.15, 0.2) is 0 Å². The number of hydrogen-bond acceptors (Lipinski definition) is 2. The molecule has 0 aliphatic heterocycles. The van der Waals surface area contributed by atoms with Gasteiger partial charge >= 0.3 is 0 Å². The lowest BCUT2D eigenvalue weighted by Gasteiger charge is -2.24. The summed E-state index contributed by atoms with van der Waals surface area (Å²) in [6.45, 7) is 9.34. The number of amides is 2. The first kappa shape index (κ1) is 13.4. The van der Waals surface area contributed by atoms with Crippen molar-refractivity contribution in [2.45, 2.75) is 32.7 Å². The Morgan fingerprint density at radius 1 is 1.40 bits per heavy atom. The number of nitrogens with two attached hydrogens (primary N) is 1. The third-order valence-corrected chi connectivity index (χ3v) is 2.08. The SMILES string of the molecule is C=C(C=CC(N)=O)C(=O)NC(C)(C)CC. The maximum Gasteiger partial charge on any atom is 0.251 e. The van der Waals surface area contributed by atoms with Crippen LogP contribution in [0.25, 0.3) is 0 Å². The highest BCUT2D eigenvalue weighted by atomic mass is 16.2. The van der Waals surface area contributed by atoms with Crippen molar-refractivity contribution in [3.63, 3.8) is 0 Å². The zero-order valence-electron chi connectivity index (χ0n) is 9.46. The van der Waals surface area contributed by atoms with Crippen LogP contribution in [-0.4, -0.2) is 17.4 Å². The monoisotopic (exact) mass is 210 g/mol. The van der Waals surface area contributed by atoms with Gasteiger partial charge in [0.05, 0.1) is 0 Å². The van der Waals surface area contributed by atoms with E-state index >= 15 is 0 Å². The topological polar surface area (TPSA) is 72.2 Å². The molecule has 4 heteroatoms. The van der Waals surface area contributed by atoms with E-state index in [4.69, 9.17) is 5.73 Å². The molecule has 4 nitrogen and oxygen atoms in total. The molecule has 0 spiro atoms. The second-order valence-electron chi connectivity index (χ2n) is 3.95. The molecule has 0 saturated carbocycles. The predicted molar refractivity (Wildman–Crippen MR) is 60.0 cm³/mol. The molecule has 0 aliphatic rings. The Kier molecular flexibility index (Phi) is 4.78. The van der Waals surface area contributed by atoms with E-state index in [1.54, 1.807) is 0 Å². The Morgan fingerprint density at radius 2 is 1.93 bits per heavy atom. The van der Waals surface area contributed by atoms with Crippen LogP contribution in [0.5, 0.6) is 0 Å². The molecule has 0 aromatic carbocycles. The molecule has 0 heterocycles. The van der Waals surface area contributed by atoms with Crippen LogP contribution in [-0.2, 0) is 9.59 Å². The molecule has 0 atom stereocenters. The summed E-state index contributed by atoms with van der Waals surface area (Å²) in [4.78, 5) is 21.9. The summed E-state index contributed by atoms with van der Waals surface area (Å²) in [5, 5.41) is 2.79. The van der Waals surface area contributed by atoms with Gasteiger partial charge < -0.3 is 11.1 Å². The Hall–Kier alpha value is -1.58. The Bertz CT molecular complexity index is 304. The molecule has 0 saturated heterocycles. The van der Waals surface area contributed by atoms with Gasteiger partial charge in [0.1, 0.15) is 0 Å². The highest BCUT2D eigenvalue weighted by Gasteiger charge is 2.18. The minimum atomic E-state index is -0.598. The Balaban J connectivity index is 4.35. The van der Waals surface area contributed by atoms with Crippen LogP contribution in [0.1, 0.15) is 27.2 Å². The van der Waals surface area contributed by atoms with Crippen molar-refractivity contribution in [2.75, 3.05) is 0 Å². The van der Waals surface area contributed by atoms with Crippen molar-refractivity contribution in [1.29, 1.82) is 0 Å². The number of hydrogen-bond donors (Lipinski definition) is 2. The summed E-state index contributed by atoms with van der Waals surface area (Å²) in [5.41, 5.74) is 4.84. The average molecular weight is 210 g/mol. The number of carbonyl (C=O) groups is 2. The van der Waals surface area contributed by atoms with E-state index in [9.17, 15) is 9.59 Å². The molecule has 0 bridgehead atoms. The molecule has 84 valence electrons. The highest BCUT2D eigenvalue weighted by molar-refractivity contribution is 5.98. The Labute approximate surface area is 90.2 Å². The molecule has 2 amide bonds. The van der Waals surface area contributed by atoms with Gasteiger partial charge in [-0.05, 0) is 26.3 Å². The third-order valence-electron chi connectivity index (χ3n) is 2.08. The maximum atomic E-state index is 11.5. The molecule has 0 rings (SSSR count). The van der Waals surface area contributed by atoms with Gasteiger partial charge in [-0.2, -0.15) is 0 Å². The molecular formula is C11H18N2O2. The molecule has 0 unspecified atom stereocenters. The van der Waals surface area contributed by atoms with Crippen LogP contribution in [0, 0.1) is 0 Å². The van der Waals surface area contributed by atoms with Gasteiger partial charge in [-0.15, -0.1) is 0 Å². The molecule has 0 radical (unpaired) electrons. The van der Waals surface area contributed by atoms with Gasteiger partial charge in [0.25, 0.3) is 5.91 Å². The molecule has 3 N–H and O–H groups in total. The summed E-state index contributed by atoms with van der Waals surface area (Å²) < 4.78 is 0. The lowest BCUT2D eigenvalue weighted by Crippen LogP contribution is -2.43. The number of rotatable bonds is 5. The predicted octanol–water partition coefficient (Wildman–Crippen LogP) is 0.889. The summed E-state index contributed by atoms with van der Waals surface area (Å²) in [7, 11) is 0. The molecule has 0 aromatic rings. The van der Waals surface area contributed by atoms with E-state index in [0.29, 0.717) is 0 Å². The van der Waals surface area contributed by atoms with Crippen molar-refractivity contribution < 1.29 is 9.59 Å². The van der Waals surface area contributed by atoms with Gasteiger partial charge in [-0.25, -0.2) is 0 Å². The third kappa shape index (κ3) is 5.67. The maximum absolute atomic E-state index is 11.5.